The van der Waals surface area contributed by atoms with Crippen molar-refractivity contribution < 1.29 is 8.98 Å². The van der Waals surface area contributed by atoms with Gasteiger partial charge >= 0.3 is 0 Å². The van der Waals surface area contributed by atoms with Gasteiger partial charge in [-0.2, -0.15) is 0 Å². The molecule has 2 heterocycles. The lowest BCUT2D eigenvalue weighted by molar-refractivity contribution is -0.695. The lowest BCUT2D eigenvalue weighted by atomic mass is 10.2. The minimum Gasteiger partial charge on any atom is -0.450 e. The fourth-order valence-electron chi connectivity index (χ4n) is 2.11. The van der Waals surface area contributed by atoms with Crippen LogP contribution in [0.25, 0.3) is 21.9 Å². The van der Waals surface area contributed by atoms with Crippen LogP contribution in [0, 0.1) is 0 Å². The van der Waals surface area contributed by atoms with E-state index >= 15 is 0 Å². The molecule has 0 unspecified atom stereocenters. The van der Waals surface area contributed by atoms with E-state index in [1.807, 2.05) is 18.2 Å². The quantitative estimate of drug-likeness (QED) is 0.596. The van der Waals surface area contributed by atoms with Gasteiger partial charge in [-0.25, -0.2) is 4.57 Å². The zero-order chi connectivity index (χ0) is 11.0. The topological polar surface area (TPSA) is 17.0 Å². The summed E-state index contributed by atoms with van der Waals surface area (Å²) in [4.78, 5) is 0. The highest BCUT2D eigenvalue weighted by atomic mass is 16.3. The van der Waals surface area contributed by atoms with E-state index in [0.29, 0.717) is 0 Å². The summed E-state index contributed by atoms with van der Waals surface area (Å²) in [6.07, 6.45) is 5.34. The molecule has 0 radical (unpaired) electrons. The number of pyridine rings is 1. The van der Waals surface area contributed by atoms with E-state index in [2.05, 4.69) is 36.0 Å². The lowest BCUT2D eigenvalue weighted by Gasteiger charge is -1.92. The highest BCUT2D eigenvalue weighted by Gasteiger charge is 2.09. The van der Waals surface area contributed by atoms with E-state index in [4.69, 9.17) is 4.42 Å². The molecule has 0 amide bonds. The smallest absolute Gasteiger partial charge is 0.212 e. The number of hydrogen-bond acceptors (Lipinski definition) is 1. The molecule has 3 aromatic rings. The Hall–Kier alpha value is -1.83. The monoisotopic (exact) mass is 212 g/mol. The molecule has 2 aromatic heterocycles. The van der Waals surface area contributed by atoms with Crippen LogP contribution in [-0.2, 0) is 6.54 Å². The number of nitrogens with zero attached hydrogens (tertiary/aromatic N) is 1. The standard InChI is InChI=1S/C14H14NO/c1-2-8-15-9-7-12-11-5-3-4-6-13(11)16-14(12)10-15/h3-7,9-10H,2,8H2,1H3/q+1. The number of hydrogen-bond donors (Lipinski definition) is 0. The maximum absolute atomic E-state index is 5.82. The second-order valence-corrected chi connectivity index (χ2v) is 4.06. The van der Waals surface area contributed by atoms with Crippen LogP contribution in [-0.4, -0.2) is 0 Å². The first-order chi connectivity index (χ1) is 7.88. The van der Waals surface area contributed by atoms with Crippen molar-refractivity contribution in [3.63, 3.8) is 0 Å². The van der Waals surface area contributed by atoms with Gasteiger partial charge in [0.1, 0.15) is 12.1 Å². The molecule has 0 N–H and O–H groups in total. The van der Waals surface area contributed by atoms with Gasteiger partial charge in [0.25, 0.3) is 0 Å². The molecule has 0 bridgehead atoms. The van der Waals surface area contributed by atoms with E-state index in [-0.39, 0.29) is 0 Å². The van der Waals surface area contributed by atoms with Crippen LogP contribution in [0.1, 0.15) is 13.3 Å². The summed E-state index contributed by atoms with van der Waals surface area (Å²) in [5.41, 5.74) is 1.93. The molecule has 2 nitrogen and oxygen atoms in total. The first-order valence-electron chi connectivity index (χ1n) is 5.69. The fourth-order valence-corrected chi connectivity index (χ4v) is 2.11. The van der Waals surface area contributed by atoms with E-state index in [1.54, 1.807) is 0 Å². The molecular formula is C14H14NO+. The minimum atomic E-state index is 0.965. The molecule has 0 aliphatic rings. The van der Waals surface area contributed by atoms with Gasteiger partial charge in [0, 0.05) is 23.3 Å². The number of benzene rings is 1. The van der Waals surface area contributed by atoms with E-state index in [0.717, 1.165) is 24.1 Å². The highest BCUT2D eigenvalue weighted by Crippen LogP contribution is 2.26. The number of aryl methyl sites for hydroxylation is 1. The van der Waals surface area contributed by atoms with Crippen LogP contribution in [0.3, 0.4) is 0 Å². The van der Waals surface area contributed by atoms with Gasteiger partial charge < -0.3 is 4.42 Å². The molecule has 80 valence electrons. The molecule has 0 saturated carbocycles. The first kappa shape index (κ1) is 9.40. The van der Waals surface area contributed by atoms with Crippen LogP contribution in [0.15, 0.2) is 47.1 Å². The predicted molar refractivity (Wildman–Crippen MR) is 64.2 cm³/mol. The van der Waals surface area contributed by atoms with Gasteiger partial charge in [0.05, 0.1) is 0 Å². The molecule has 0 atom stereocenters. The second-order valence-electron chi connectivity index (χ2n) is 4.06. The molecule has 0 saturated heterocycles. The molecule has 0 spiro atoms. The summed E-state index contributed by atoms with van der Waals surface area (Å²) in [7, 11) is 0. The molecule has 0 aliphatic heterocycles. The van der Waals surface area contributed by atoms with Crippen LogP contribution in [0.5, 0.6) is 0 Å². The van der Waals surface area contributed by atoms with Gasteiger partial charge in [-0.3, -0.25) is 0 Å². The maximum Gasteiger partial charge on any atom is 0.212 e. The van der Waals surface area contributed by atoms with Gasteiger partial charge in [-0.1, -0.05) is 25.1 Å². The molecular weight excluding hydrogens is 198 g/mol. The van der Waals surface area contributed by atoms with Crippen molar-refractivity contribution in [2.45, 2.75) is 19.9 Å². The summed E-state index contributed by atoms with van der Waals surface area (Å²) < 4.78 is 7.99. The largest absolute Gasteiger partial charge is 0.450 e. The van der Waals surface area contributed by atoms with E-state index in [9.17, 15) is 0 Å². The van der Waals surface area contributed by atoms with Crippen molar-refractivity contribution in [2.24, 2.45) is 0 Å². The summed E-state index contributed by atoms with van der Waals surface area (Å²) in [5, 5.41) is 2.39. The van der Waals surface area contributed by atoms with E-state index in [1.165, 1.54) is 10.8 Å². The Bertz CT molecular complexity index is 639. The fraction of sp³-hybridized carbons (Fsp3) is 0.214. The SMILES string of the molecule is CCC[n+]1ccc2c(c1)oc1ccccc12. The molecule has 2 heteroatoms. The van der Waals surface area contributed by atoms with Crippen LogP contribution in [0.2, 0.25) is 0 Å². The van der Waals surface area contributed by atoms with Gasteiger partial charge in [-0.05, 0) is 6.07 Å². The Morgan fingerprint density at radius 3 is 2.75 bits per heavy atom. The van der Waals surface area contributed by atoms with Crippen molar-refractivity contribution in [2.75, 3.05) is 0 Å². The van der Waals surface area contributed by atoms with Gasteiger partial charge in [-0.15, -0.1) is 0 Å². The van der Waals surface area contributed by atoms with Crippen LogP contribution in [0.4, 0.5) is 0 Å². The third-order valence-corrected chi connectivity index (χ3v) is 2.86. The maximum atomic E-state index is 5.82. The van der Waals surface area contributed by atoms with Crippen molar-refractivity contribution in [1.82, 2.24) is 0 Å². The minimum absolute atomic E-state index is 0.965. The van der Waals surface area contributed by atoms with Crippen molar-refractivity contribution in [3.05, 3.63) is 42.7 Å². The Kier molecular flexibility index (Phi) is 2.13. The first-order valence-corrected chi connectivity index (χ1v) is 5.69. The Morgan fingerprint density at radius 1 is 1.06 bits per heavy atom. The molecule has 0 aliphatic carbocycles. The van der Waals surface area contributed by atoms with Crippen LogP contribution < -0.4 is 4.57 Å². The normalized spacial score (nSPS) is 11.3. The molecule has 1 aromatic carbocycles. The lowest BCUT2D eigenvalue weighted by Crippen LogP contribution is -2.31. The highest BCUT2D eigenvalue weighted by molar-refractivity contribution is 6.04. The Labute approximate surface area is 94.1 Å². The second kappa shape index (κ2) is 3.63. The average molecular weight is 212 g/mol. The summed E-state index contributed by atoms with van der Waals surface area (Å²) in [5.74, 6) is 0. The molecule has 3 rings (SSSR count). The number of fused-ring (bicyclic) bond motifs is 3. The Morgan fingerprint density at radius 2 is 1.88 bits per heavy atom. The zero-order valence-corrected chi connectivity index (χ0v) is 9.31. The predicted octanol–water partition coefficient (Wildman–Crippen LogP) is 3.28. The number of rotatable bonds is 2. The van der Waals surface area contributed by atoms with Crippen molar-refractivity contribution in [3.8, 4) is 0 Å². The van der Waals surface area contributed by atoms with Crippen molar-refractivity contribution in [1.29, 1.82) is 0 Å². The number of furan rings is 1. The Balaban J connectivity index is 2.28. The average Bonchev–Trinajstić information content (AvgIpc) is 2.67. The summed E-state index contributed by atoms with van der Waals surface area (Å²) in [6, 6.07) is 10.3. The summed E-state index contributed by atoms with van der Waals surface area (Å²) in [6.45, 7) is 3.21. The zero-order valence-electron chi connectivity index (χ0n) is 9.31. The van der Waals surface area contributed by atoms with Gasteiger partial charge in [0.2, 0.25) is 6.20 Å². The number of para-hydroxylation sites is 1. The number of aromatic nitrogens is 1. The third kappa shape index (κ3) is 1.38. The third-order valence-electron chi connectivity index (χ3n) is 2.86. The van der Waals surface area contributed by atoms with Crippen molar-refractivity contribution >= 4 is 21.9 Å². The summed E-state index contributed by atoms with van der Waals surface area (Å²) >= 11 is 0. The van der Waals surface area contributed by atoms with Crippen LogP contribution >= 0.6 is 0 Å². The molecule has 0 fully saturated rings. The molecule has 16 heavy (non-hydrogen) atoms. The van der Waals surface area contributed by atoms with Gasteiger partial charge in [0.15, 0.2) is 11.8 Å². The van der Waals surface area contributed by atoms with E-state index < -0.39 is 0 Å².